The minimum absolute atomic E-state index is 0.562. The molecule has 0 aromatic heterocycles. The van der Waals surface area contributed by atoms with E-state index in [-0.39, 0.29) is 0 Å². The second kappa shape index (κ2) is 11.0. The monoisotopic (exact) mass is 346 g/mol. The first-order valence-corrected chi connectivity index (χ1v) is 9.58. The summed E-state index contributed by atoms with van der Waals surface area (Å²) in [5.74, 6) is 1.84. The molecule has 1 saturated carbocycles. The maximum absolute atomic E-state index is 5.81. The fraction of sp³-hybridized carbons (Fsp3) is 0.650. The molecule has 5 heteroatoms. The minimum atomic E-state index is 0.562. The SMILES string of the molecule is CCNC(=NCc1cccc(OCCN(C)C)c1)NC1CCCCC1. The van der Waals surface area contributed by atoms with Crippen LogP contribution in [0.5, 0.6) is 5.75 Å². The molecule has 1 aromatic rings. The summed E-state index contributed by atoms with van der Waals surface area (Å²) in [5.41, 5.74) is 1.17. The van der Waals surface area contributed by atoms with Gasteiger partial charge in [0.25, 0.3) is 0 Å². The number of hydrogen-bond donors (Lipinski definition) is 2. The van der Waals surface area contributed by atoms with Crippen LogP contribution in [0.2, 0.25) is 0 Å². The molecule has 0 saturated heterocycles. The summed E-state index contributed by atoms with van der Waals surface area (Å²) < 4.78 is 5.81. The average molecular weight is 347 g/mol. The smallest absolute Gasteiger partial charge is 0.191 e. The van der Waals surface area contributed by atoms with E-state index in [0.29, 0.717) is 19.2 Å². The van der Waals surface area contributed by atoms with Gasteiger partial charge in [-0.3, -0.25) is 0 Å². The Balaban J connectivity index is 1.89. The predicted molar refractivity (Wildman–Crippen MR) is 105 cm³/mol. The second-order valence-corrected chi connectivity index (χ2v) is 6.97. The lowest BCUT2D eigenvalue weighted by Crippen LogP contribution is -2.44. The molecule has 0 amide bonds. The molecule has 0 aliphatic heterocycles. The van der Waals surface area contributed by atoms with Crippen LogP contribution in [0.1, 0.15) is 44.6 Å². The molecule has 1 aliphatic carbocycles. The van der Waals surface area contributed by atoms with Gasteiger partial charge in [-0.15, -0.1) is 0 Å². The first kappa shape index (κ1) is 19.6. The normalized spacial score (nSPS) is 16.1. The first-order chi connectivity index (χ1) is 12.2. The van der Waals surface area contributed by atoms with Gasteiger partial charge in [-0.1, -0.05) is 31.4 Å². The maximum Gasteiger partial charge on any atom is 0.191 e. The van der Waals surface area contributed by atoms with E-state index in [9.17, 15) is 0 Å². The molecule has 0 unspecified atom stereocenters. The summed E-state index contributed by atoms with van der Waals surface area (Å²) >= 11 is 0. The van der Waals surface area contributed by atoms with Gasteiger partial charge >= 0.3 is 0 Å². The summed E-state index contributed by atoms with van der Waals surface area (Å²) in [6.07, 6.45) is 6.51. The zero-order valence-corrected chi connectivity index (χ0v) is 16.1. The molecular formula is C20H34N4O. The topological polar surface area (TPSA) is 48.9 Å². The maximum atomic E-state index is 5.81. The van der Waals surface area contributed by atoms with Crippen LogP contribution in [-0.4, -0.2) is 50.7 Å². The predicted octanol–water partition coefficient (Wildman–Crippen LogP) is 3.01. The Hall–Kier alpha value is -1.75. The molecule has 1 fully saturated rings. The van der Waals surface area contributed by atoms with Crippen LogP contribution in [0.15, 0.2) is 29.3 Å². The second-order valence-electron chi connectivity index (χ2n) is 6.97. The van der Waals surface area contributed by atoms with Crippen LogP contribution in [0.25, 0.3) is 0 Å². The van der Waals surface area contributed by atoms with E-state index >= 15 is 0 Å². The highest BCUT2D eigenvalue weighted by Crippen LogP contribution is 2.17. The van der Waals surface area contributed by atoms with Gasteiger partial charge in [-0.2, -0.15) is 0 Å². The van der Waals surface area contributed by atoms with Crippen molar-refractivity contribution in [3.63, 3.8) is 0 Å². The van der Waals surface area contributed by atoms with Crippen molar-refractivity contribution in [1.82, 2.24) is 15.5 Å². The van der Waals surface area contributed by atoms with Crippen molar-refractivity contribution >= 4 is 5.96 Å². The number of rotatable bonds is 8. The Morgan fingerprint density at radius 1 is 1.24 bits per heavy atom. The highest BCUT2D eigenvalue weighted by molar-refractivity contribution is 5.80. The largest absolute Gasteiger partial charge is 0.492 e. The van der Waals surface area contributed by atoms with Gasteiger partial charge in [-0.05, 0) is 51.6 Å². The van der Waals surface area contributed by atoms with Crippen LogP contribution in [-0.2, 0) is 6.54 Å². The Bertz CT molecular complexity index is 524. The van der Waals surface area contributed by atoms with E-state index in [1.807, 2.05) is 12.1 Å². The molecule has 25 heavy (non-hydrogen) atoms. The third-order valence-corrected chi connectivity index (χ3v) is 4.42. The number of hydrogen-bond acceptors (Lipinski definition) is 3. The van der Waals surface area contributed by atoms with Crippen molar-refractivity contribution in [2.45, 2.75) is 51.6 Å². The number of likely N-dealkylation sites (N-methyl/N-ethyl adjacent to an activating group) is 1. The van der Waals surface area contributed by atoms with E-state index in [4.69, 9.17) is 9.73 Å². The van der Waals surface area contributed by atoms with E-state index in [1.54, 1.807) is 0 Å². The fourth-order valence-electron chi connectivity index (χ4n) is 3.01. The van der Waals surface area contributed by atoms with Gasteiger partial charge in [0.15, 0.2) is 5.96 Å². The van der Waals surface area contributed by atoms with Crippen molar-refractivity contribution in [1.29, 1.82) is 0 Å². The van der Waals surface area contributed by atoms with Gasteiger partial charge < -0.3 is 20.3 Å². The Labute approximate surface area is 152 Å². The van der Waals surface area contributed by atoms with E-state index < -0.39 is 0 Å². The number of ether oxygens (including phenoxy) is 1. The van der Waals surface area contributed by atoms with Gasteiger partial charge in [0.1, 0.15) is 12.4 Å². The first-order valence-electron chi connectivity index (χ1n) is 9.58. The zero-order chi connectivity index (χ0) is 17.9. The summed E-state index contributed by atoms with van der Waals surface area (Å²) in [6, 6.07) is 8.80. The lowest BCUT2D eigenvalue weighted by atomic mass is 9.96. The molecular weight excluding hydrogens is 312 g/mol. The third kappa shape index (κ3) is 7.78. The van der Waals surface area contributed by atoms with Crippen LogP contribution >= 0.6 is 0 Å². The number of guanidine groups is 1. The molecule has 2 rings (SSSR count). The van der Waals surface area contributed by atoms with Gasteiger partial charge in [0.05, 0.1) is 6.54 Å². The summed E-state index contributed by atoms with van der Waals surface area (Å²) in [6.45, 7) is 5.26. The molecule has 0 atom stereocenters. The quantitative estimate of drug-likeness (QED) is 0.561. The molecule has 2 N–H and O–H groups in total. The lowest BCUT2D eigenvalue weighted by molar-refractivity contribution is 0.261. The highest BCUT2D eigenvalue weighted by atomic mass is 16.5. The molecule has 0 bridgehead atoms. The van der Waals surface area contributed by atoms with Crippen molar-refractivity contribution in [3.05, 3.63) is 29.8 Å². The van der Waals surface area contributed by atoms with Crippen molar-refractivity contribution in [2.75, 3.05) is 33.8 Å². The molecule has 1 aliphatic rings. The zero-order valence-electron chi connectivity index (χ0n) is 16.1. The van der Waals surface area contributed by atoms with Crippen molar-refractivity contribution < 1.29 is 4.74 Å². The van der Waals surface area contributed by atoms with Crippen LogP contribution in [0.4, 0.5) is 0 Å². The Morgan fingerprint density at radius 3 is 2.76 bits per heavy atom. The van der Waals surface area contributed by atoms with Crippen molar-refractivity contribution in [2.24, 2.45) is 4.99 Å². The van der Waals surface area contributed by atoms with Gasteiger partial charge in [0, 0.05) is 19.1 Å². The van der Waals surface area contributed by atoms with E-state index in [2.05, 4.69) is 48.7 Å². The molecule has 0 spiro atoms. The molecule has 1 aromatic carbocycles. The van der Waals surface area contributed by atoms with E-state index in [0.717, 1.165) is 24.8 Å². The Kier molecular flexibility index (Phi) is 8.60. The number of aliphatic imine (C=N–C) groups is 1. The molecule has 5 nitrogen and oxygen atoms in total. The number of nitrogens with zero attached hydrogens (tertiary/aromatic N) is 2. The van der Waals surface area contributed by atoms with Crippen LogP contribution in [0.3, 0.4) is 0 Å². The number of benzene rings is 1. The minimum Gasteiger partial charge on any atom is -0.492 e. The molecule has 0 heterocycles. The standard InChI is InChI=1S/C20H34N4O/c1-4-21-20(23-18-10-6-5-7-11-18)22-16-17-9-8-12-19(15-17)25-14-13-24(2)3/h8-9,12,15,18H,4-7,10-11,13-14,16H2,1-3H3,(H2,21,22,23). The third-order valence-electron chi connectivity index (χ3n) is 4.42. The summed E-state index contributed by atoms with van der Waals surface area (Å²) in [4.78, 5) is 6.88. The fourth-order valence-corrected chi connectivity index (χ4v) is 3.01. The lowest BCUT2D eigenvalue weighted by Gasteiger charge is -2.24. The van der Waals surface area contributed by atoms with Crippen molar-refractivity contribution in [3.8, 4) is 5.75 Å². The molecule has 0 radical (unpaired) electrons. The van der Waals surface area contributed by atoms with Crippen LogP contribution in [0, 0.1) is 0 Å². The van der Waals surface area contributed by atoms with Crippen LogP contribution < -0.4 is 15.4 Å². The summed E-state index contributed by atoms with van der Waals surface area (Å²) in [5, 5.41) is 6.95. The average Bonchev–Trinajstić information content (AvgIpc) is 2.61. The number of nitrogens with one attached hydrogen (secondary N) is 2. The highest BCUT2D eigenvalue weighted by Gasteiger charge is 2.14. The molecule has 140 valence electrons. The Morgan fingerprint density at radius 2 is 2.04 bits per heavy atom. The van der Waals surface area contributed by atoms with Gasteiger partial charge in [0.2, 0.25) is 0 Å². The summed E-state index contributed by atoms with van der Waals surface area (Å²) in [7, 11) is 4.10. The van der Waals surface area contributed by atoms with E-state index in [1.165, 1.54) is 37.7 Å². The van der Waals surface area contributed by atoms with Gasteiger partial charge in [-0.25, -0.2) is 4.99 Å².